The lowest BCUT2D eigenvalue weighted by molar-refractivity contribution is -0.134. The first-order valence-corrected chi connectivity index (χ1v) is 11.8. The van der Waals surface area contributed by atoms with E-state index in [9.17, 15) is 18.0 Å². The van der Waals surface area contributed by atoms with E-state index in [1.54, 1.807) is 9.58 Å². The number of nitrogens with zero attached hydrogens (tertiary/aromatic N) is 5. The van der Waals surface area contributed by atoms with Crippen LogP contribution < -0.4 is 5.56 Å². The van der Waals surface area contributed by atoms with Crippen LogP contribution in [0, 0.1) is 0 Å². The van der Waals surface area contributed by atoms with E-state index in [0.717, 1.165) is 18.5 Å². The van der Waals surface area contributed by atoms with E-state index in [1.165, 1.54) is 17.1 Å². The second-order valence-electron chi connectivity index (χ2n) is 7.90. The molecule has 1 aliphatic carbocycles. The molecule has 1 saturated heterocycles. The third-order valence-corrected chi connectivity index (χ3v) is 7.44. The molecule has 9 nitrogen and oxygen atoms in total. The third kappa shape index (κ3) is 3.41. The van der Waals surface area contributed by atoms with Crippen molar-refractivity contribution >= 4 is 26.8 Å². The van der Waals surface area contributed by atoms with Crippen LogP contribution in [0.3, 0.4) is 0 Å². The van der Waals surface area contributed by atoms with Gasteiger partial charge in [-0.25, -0.2) is 18.1 Å². The molecule has 2 aliphatic rings. The van der Waals surface area contributed by atoms with E-state index in [2.05, 4.69) is 10.1 Å². The molecule has 1 saturated carbocycles. The van der Waals surface area contributed by atoms with Gasteiger partial charge in [-0.15, -0.1) is 0 Å². The molecule has 0 spiro atoms. The molecule has 5 rings (SSSR count). The fourth-order valence-electron chi connectivity index (χ4n) is 4.10. The molecule has 156 valence electrons. The van der Waals surface area contributed by atoms with Crippen LogP contribution in [0.1, 0.15) is 19.3 Å². The van der Waals surface area contributed by atoms with Crippen LogP contribution in [0.4, 0.5) is 0 Å². The molecular weight excluding hydrogens is 406 g/mol. The van der Waals surface area contributed by atoms with Crippen molar-refractivity contribution in [1.82, 2.24) is 24.2 Å². The summed E-state index contributed by atoms with van der Waals surface area (Å²) in [6.07, 6.45) is 5.03. The number of benzene rings is 1. The van der Waals surface area contributed by atoms with Crippen molar-refractivity contribution in [1.29, 1.82) is 0 Å². The van der Waals surface area contributed by atoms with Crippen LogP contribution in [0.15, 0.2) is 47.7 Å². The highest BCUT2D eigenvalue weighted by Crippen LogP contribution is 2.32. The predicted octanol–water partition coefficient (Wildman–Crippen LogP) is 0.760. The topological polar surface area (TPSA) is 107 Å². The van der Waals surface area contributed by atoms with Gasteiger partial charge < -0.3 is 4.90 Å². The lowest BCUT2D eigenvalue weighted by atomic mass is 10.2. The maximum Gasteiger partial charge on any atom is 0.264 e. The molecule has 0 radical (unpaired) electrons. The number of amides is 1. The Kier molecular flexibility index (Phi) is 4.46. The summed E-state index contributed by atoms with van der Waals surface area (Å²) in [7, 11) is -3.10. The van der Waals surface area contributed by atoms with Gasteiger partial charge in [0.05, 0.1) is 23.4 Å². The number of rotatable bonds is 5. The summed E-state index contributed by atoms with van der Waals surface area (Å²) < 4.78 is 26.6. The largest absolute Gasteiger partial charge is 0.334 e. The number of fused-ring (bicyclic) bond motifs is 1. The monoisotopic (exact) mass is 427 g/mol. The molecule has 2 aromatic heterocycles. The van der Waals surface area contributed by atoms with Gasteiger partial charge in [0, 0.05) is 12.1 Å². The summed E-state index contributed by atoms with van der Waals surface area (Å²) in [5.41, 5.74) is 0.872. The lowest BCUT2D eigenvalue weighted by Crippen LogP contribution is -2.45. The number of hydrogen-bond acceptors (Lipinski definition) is 6. The molecule has 3 aromatic rings. The normalized spacial score (nSPS) is 20.5. The van der Waals surface area contributed by atoms with Crippen LogP contribution in [0.25, 0.3) is 16.7 Å². The first-order valence-electron chi connectivity index (χ1n) is 9.93. The second-order valence-corrected chi connectivity index (χ2v) is 10.1. The van der Waals surface area contributed by atoms with E-state index >= 15 is 0 Å². The molecule has 1 aliphatic heterocycles. The zero-order valence-corrected chi connectivity index (χ0v) is 17.0. The van der Waals surface area contributed by atoms with E-state index in [0.29, 0.717) is 17.5 Å². The van der Waals surface area contributed by atoms with Crippen molar-refractivity contribution in [3.05, 3.63) is 53.2 Å². The van der Waals surface area contributed by atoms with Crippen molar-refractivity contribution in [3.63, 3.8) is 0 Å². The van der Waals surface area contributed by atoms with Gasteiger partial charge in [0.1, 0.15) is 18.3 Å². The summed E-state index contributed by atoms with van der Waals surface area (Å²) in [5, 5.41) is 4.61. The molecule has 0 N–H and O–H groups in total. The van der Waals surface area contributed by atoms with Crippen molar-refractivity contribution < 1.29 is 13.2 Å². The molecule has 10 heteroatoms. The minimum atomic E-state index is -3.10. The van der Waals surface area contributed by atoms with Gasteiger partial charge in [0.15, 0.2) is 15.5 Å². The van der Waals surface area contributed by atoms with Crippen LogP contribution in [0.5, 0.6) is 0 Å². The minimum absolute atomic E-state index is 0.00523. The number of carbonyl (C=O) groups is 1. The lowest BCUT2D eigenvalue weighted by Gasteiger charge is -2.28. The highest BCUT2D eigenvalue weighted by molar-refractivity contribution is 7.91. The number of para-hydroxylation sites is 1. The van der Waals surface area contributed by atoms with E-state index in [-0.39, 0.29) is 41.6 Å². The van der Waals surface area contributed by atoms with Gasteiger partial charge in [-0.3, -0.25) is 14.2 Å². The first-order chi connectivity index (χ1) is 14.4. The Hall–Kier alpha value is -3.01. The van der Waals surface area contributed by atoms with Crippen LogP contribution in [-0.4, -0.2) is 62.1 Å². The zero-order valence-electron chi connectivity index (χ0n) is 16.2. The van der Waals surface area contributed by atoms with Gasteiger partial charge in [-0.05, 0) is 31.4 Å². The number of sulfone groups is 1. The number of carbonyl (C=O) groups excluding carboxylic acids is 1. The second kappa shape index (κ2) is 7.05. The molecule has 3 heterocycles. The van der Waals surface area contributed by atoms with Crippen molar-refractivity contribution in [3.8, 4) is 5.69 Å². The standard InChI is InChI=1S/C20H21N5O4S/c26-18(24(14-6-7-14)16-8-9-30(28,29)12-16)11-23-13-21-19-17(20(23)27)10-22-25(19)15-4-2-1-3-5-15/h1-5,10,13-14,16H,6-9,11-12H2/t16-/m1/s1. The van der Waals surface area contributed by atoms with Crippen molar-refractivity contribution in [2.45, 2.75) is 37.9 Å². The Morgan fingerprint density at radius 2 is 1.90 bits per heavy atom. The molecular formula is C20H21N5O4S. The van der Waals surface area contributed by atoms with Gasteiger partial charge >= 0.3 is 0 Å². The maximum atomic E-state index is 13.0. The molecule has 0 unspecified atom stereocenters. The van der Waals surface area contributed by atoms with E-state index in [4.69, 9.17) is 0 Å². The predicted molar refractivity (Wildman–Crippen MR) is 110 cm³/mol. The van der Waals surface area contributed by atoms with Gasteiger partial charge in [0.2, 0.25) is 5.91 Å². The van der Waals surface area contributed by atoms with Crippen LogP contribution in [0.2, 0.25) is 0 Å². The summed E-state index contributed by atoms with van der Waals surface area (Å²) in [6, 6.07) is 9.14. The zero-order chi connectivity index (χ0) is 20.9. The van der Waals surface area contributed by atoms with Gasteiger partial charge in [-0.2, -0.15) is 5.10 Å². The van der Waals surface area contributed by atoms with Crippen molar-refractivity contribution in [2.75, 3.05) is 11.5 Å². The Morgan fingerprint density at radius 1 is 1.13 bits per heavy atom. The van der Waals surface area contributed by atoms with Crippen molar-refractivity contribution in [2.24, 2.45) is 0 Å². The fourth-order valence-corrected chi connectivity index (χ4v) is 5.81. The third-order valence-electron chi connectivity index (χ3n) is 5.69. The van der Waals surface area contributed by atoms with Crippen LogP contribution >= 0.6 is 0 Å². The number of aromatic nitrogens is 4. The smallest absolute Gasteiger partial charge is 0.264 e. The maximum absolute atomic E-state index is 13.0. The number of hydrogen-bond donors (Lipinski definition) is 0. The van der Waals surface area contributed by atoms with Gasteiger partial charge in [-0.1, -0.05) is 18.2 Å². The van der Waals surface area contributed by atoms with Crippen LogP contribution in [-0.2, 0) is 21.2 Å². The summed E-state index contributed by atoms with van der Waals surface area (Å²) >= 11 is 0. The molecule has 30 heavy (non-hydrogen) atoms. The molecule has 1 atom stereocenters. The summed E-state index contributed by atoms with van der Waals surface area (Å²) in [5.74, 6) is -0.121. The average molecular weight is 427 g/mol. The molecule has 1 aromatic carbocycles. The van der Waals surface area contributed by atoms with Gasteiger partial charge in [0.25, 0.3) is 5.56 Å². The average Bonchev–Trinajstić information content (AvgIpc) is 3.35. The minimum Gasteiger partial charge on any atom is -0.334 e. The summed E-state index contributed by atoms with van der Waals surface area (Å²) in [6.45, 7) is -0.161. The van der Waals surface area contributed by atoms with E-state index in [1.807, 2.05) is 30.3 Å². The Morgan fingerprint density at radius 3 is 2.57 bits per heavy atom. The Balaban J connectivity index is 1.43. The highest BCUT2D eigenvalue weighted by atomic mass is 32.2. The molecule has 1 amide bonds. The quantitative estimate of drug-likeness (QED) is 0.595. The SMILES string of the molecule is O=C(Cn1cnc2c(cnn2-c2ccccc2)c1=O)N(C1CC1)[C@@H]1CCS(=O)(=O)C1. The molecule has 2 fully saturated rings. The Bertz CT molecular complexity index is 1280. The fraction of sp³-hybridized carbons (Fsp3) is 0.400. The highest BCUT2D eigenvalue weighted by Gasteiger charge is 2.42. The Labute approximate surface area is 172 Å². The molecule has 0 bridgehead atoms. The summed E-state index contributed by atoms with van der Waals surface area (Å²) in [4.78, 5) is 32.0. The first kappa shape index (κ1) is 19.0. The van der Waals surface area contributed by atoms with E-state index < -0.39 is 9.84 Å².